The second-order valence-electron chi connectivity index (χ2n) is 6.91. The molecule has 5 nitrogen and oxygen atoms in total. The maximum atomic E-state index is 14.6. The van der Waals surface area contributed by atoms with Gasteiger partial charge in [0.2, 0.25) is 0 Å². The minimum atomic E-state index is -0.446. The molecule has 0 saturated carbocycles. The molecular formula is C19H26FN3O2S2. The number of nitrogens with one attached hydrogen (secondary N) is 1. The molecule has 1 amide bonds. The van der Waals surface area contributed by atoms with Crippen LogP contribution in [-0.4, -0.2) is 54.9 Å². The molecule has 2 unspecified atom stereocenters. The van der Waals surface area contributed by atoms with Crippen LogP contribution in [0.2, 0.25) is 0 Å². The Labute approximate surface area is 169 Å². The van der Waals surface area contributed by atoms with Crippen molar-refractivity contribution in [2.45, 2.75) is 26.4 Å². The van der Waals surface area contributed by atoms with Crippen molar-refractivity contribution in [1.82, 2.24) is 5.32 Å². The average Bonchev–Trinajstić information content (AvgIpc) is 3.06. The van der Waals surface area contributed by atoms with E-state index in [-0.39, 0.29) is 11.9 Å². The Morgan fingerprint density at radius 1 is 1.44 bits per heavy atom. The summed E-state index contributed by atoms with van der Waals surface area (Å²) in [7, 11) is 0. The van der Waals surface area contributed by atoms with E-state index in [1.807, 2.05) is 11.8 Å². The van der Waals surface area contributed by atoms with E-state index >= 15 is 0 Å². The minimum absolute atomic E-state index is 0.294. The molecule has 2 aliphatic heterocycles. The van der Waals surface area contributed by atoms with Crippen LogP contribution in [0.3, 0.4) is 0 Å². The van der Waals surface area contributed by atoms with Gasteiger partial charge in [-0.25, -0.2) is 9.18 Å². The normalized spacial score (nSPS) is 21.1. The summed E-state index contributed by atoms with van der Waals surface area (Å²) in [5.74, 6) is 2.01. The van der Waals surface area contributed by atoms with E-state index in [1.54, 1.807) is 12.1 Å². The number of hydrogen-bond acceptors (Lipinski definition) is 5. The third-order valence-corrected chi connectivity index (χ3v) is 6.52. The van der Waals surface area contributed by atoms with E-state index in [2.05, 4.69) is 24.1 Å². The van der Waals surface area contributed by atoms with Gasteiger partial charge in [0.1, 0.15) is 11.9 Å². The Morgan fingerprint density at radius 3 is 2.85 bits per heavy atom. The molecule has 0 aromatic heterocycles. The van der Waals surface area contributed by atoms with Crippen molar-refractivity contribution >= 4 is 46.4 Å². The highest BCUT2D eigenvalue weighted by Gasteiger charge is 2.33. The smallest absolute Gasteiger partial charge is 0.414 e. The van der Waals surface area contributed by atoms with Gasteiger partial charge in [-0.3, -0.25) is 4.90 Å². The number of amides is 1. The second-order valence-corrected chi connectivity index (χ2v) is 8.57. The average molecular weight is 412 g/mol. The van der Waals surface area contributed by atoms with Crippen LogP contribution in [0.15, 0.2) is 18.2 Å². The molecule has 2 fully saturated rings. The van der Waals surface area contributed by atoms with Gasteiger partial charge in [-0.2, -0.15) is 11.8 Å². The van der Waals surface area contributed by atoms with Crippen LogP contribution in [0.5, 0.6) is 0 Å². The number of benzene rings is 1. The Bertz CT molecular complexity index is 698. The largest absolute Gasteiger partial charge is 0.442 e. The van der Waals surface area contributed by atoms with E-state index in [9.17, 15) is 9.18 Å². The molecule has 27 heavy (non-hydrogen) atoms. The molecule has 2 heterocycles. The fourth-order valence-electron chi connectivity index (χ4n) is 3.14. The fourth-order valence-corrected chi connectivity index (χ4v) is 4.29. The predicted molar refractivity (Wildman–Crippen MR) is 114 cm³/mol. The van der Waals surface area contributed by atoms with Gasteiger partial charge in [0.25, 0.3) is 0 Å². The summed E-state index contributed by atoms with van der Waals surface area (Å²) in [6, 6.07) is 4.98. The zero-order chi connectivity index (χ0) is 19.4. The molecule has 0 radical (unpaired) electrons. The third kappa shape index (κ3) is 4.85. The Kier molecular flexibility index (Phi) is 6.81. The van der Waals surface area contributed by atoms with Gasteiger partial charge in [-0.05, 0) is 24.6 Å². The summed E-state index contributed by atoms with van der Waals surface area (Å²) in [5, 5.41) is 3.18. The third-order valence-electron chi connectivity index (χ3n) is 5.03. The molecule has 8 heteroatoms. The zero-order valence-electron chi connectivity index (χ0n) is 15.7. The number of anilines is 2. The summed E-state index contributed by atoms with van der Waals surface area (Å²) >= 11 is 7.22. The van der Waals surface area contributed by atoms with E-state index in [4.69, 9.17) is 17.0 Å². The summed E-state index contributed by atoms with van der Waals surface area (Å²) in [6.07, 6.45) is 0.211. The number of rotatable bonds is 6. The Balaban J connectivity index is 1.62. The number of cyclic esters (lactones) is 1. The van der Waals surface area contributed by atoms with Crippen molar-refractivity contribution in [3.8, 4) is 0 Å². The van der Waals surface area contributed by atoms with Crippen LogP contribution >= 0.6 is 24.0 Å². The van der Waals surface area contributed by atoms with Crippen molar-refractivity contribution in [2.75, 3.05) is 47.5 Å². The lowest BCUT2D eigenvalue weighted by Gasteiger charge is -2.29. The lowest BCUT2D eigenvalue weighted by atomic mass is 10.1. The molecule has 3 rings (SSSR count). The van der Waals surface area contributed by atoms with Crippen LogP contribution in [0.1, 0.15) is 20.3 Å². The first-order valence-corrected chi connectivity index (χ1v) is 10.9. The fraction of sp³-hybridized carbons (Fsp3) is 0.579. The molecule has 1 aromatic carbocycles. The van der Waals surface area contributed by atoms with Gasteiger partial charge in [-0.15, -0.1) is 0 Å². The first-order valence-electron chi connectivity index (χ1n) is 9.37. The van der Waals surface area contributed by atoms with E-state index in [1.165, 1.54) is 11.0 Å². The van der Waals surface area contributed by atoms with Gasteiger partial charge >= 0.3 is 6.09 Å². The van der Waals surface area contributed by atoms with Crippen LogP contribution in [0.4, 0.5) is 20.6 Å². The maximum absolute atomic E-state index is 14.6. The number of halogens is 1. The van der Waals surface area contributed by atoms with Crippen LogP contribution in [0.25, 0.3) is 0 Å². The molecule has 2 saturated heterocycles. The Hall–Kier alpha value is -1.54. The van der Waals surface area contributed by atoms with Gasteiger partial charge in [0, 0.05) is 30.5 Å². The number of nitrogens with zero attached hydrogens (tertiary/aromatic N) is 2. The molecule has 2 aliphatic rings. The number of hydrogen-bond donors (Lipinski definition) is 1. The molecule has 148 valence electrons. The highest BCUT2D eigenvalue weighted by molar-refractivity contribution is 7.99. The molecule has 2 atom stereocenters. The van der Waals surface area contributed by atoms with E-state index < -0.39 is 6.09 Å². The minimum Gasteiger partial charge on any atom is -0.442 e. The highest BCUT2D eigenvalue weighted by atomic mass is 32.2. The van der Waals surface area contributed by atoms with Crippen molar-refractivity contribution in [3.63, 3.8) is 0 Å². The molecule has 1 aromatic rings. The zero-order valence-corrected chi connectivity index (χ0v) is 17.4. The lowest BCUT2D eigenvalue weighted by molar-refractivity contribution is 0.142. The molecule has 0 aliphatic carbocycles. The van der Waals surface area contributed by atoms with Crippen LogP contribution < -0.4 is 15.1 Å². The standard InChI is InChI=1S/C19H26FN3O2S2/c1-3-13(2)18(26)21-11-15-12-23(19(24)25-15)14-4-5-17(16(20)10-14)22-6-8-27-9-7-22/h4-5,10,13,15H,3,6-9,11-12H2,1-2H3,(H,21,26). The number of thioether (sulfide) groups is 1. The summed E-state index contributed by atoms with van der Waals surface area (Å²) in [6.45, 7) is 6.68. The van der Waals surface area contributed by atoms with E-state index in [0.717, 1.165) is 36.0 Å². The van der Waals surface area contributed by atoms with Gasteiger partial charge in [0.05, 0.1) is 29.5 Å². The van der Waals surface area contributed by atoms with Crippen molar-refractivity contribution in [2.24, 2.45) is 5.92 Å². The number of carbonyl (C=O) groups is 1. The van der Waals surface area contributed by atoms with Gasteiger partial charge in [0.15, 0.2) is 0 Å². The SMILES string of the molecule is CCC(C)C(=S)NCC1CN(c2ccc(N3CCSCC3)c(F)c2)C(=O)O1. The molecule has 0 spiro atoms. The maximum Gasteiger partial charge on any atom is 0.414 e. The quantitative estimate of drug-likeness (QED) is 0.721. The summed E-state index contributed by atoms with van der Waals surface area (Å²) < 4.78 is 20.0. The number of ether oxygens (including phenoxy) is 1. The molecule has 0 bridgehead atoms. The highest BCUT2D eigenvalue weighted by Crippen LogP contribution is 2.29. The van der Waals surface area contributed by atoms with Crippen LogP contribution in [-0.2, 0) is 4.74 Å². The predicted octanol–water partition coefficient (Wildman–Crippen LogP) is 3.67. The second kappa shape index (κ2) is 9.10. The Morgan fingerprint density at radius 2 is 2.19 bits per heavy atom. The lowest BCUT2D eigenvalue weighted by Crippen LogP contribution is -2.36. The topological polar surface area (TPSA) is 44.8 Å². The number of carbonyl (C=O) groups excluding carboxylic acids is 1. The van der Waals surface area contributed by atoms with E-state index in [0.29, 0.717) is 30.4 Å². The monoisotopic (exact) mass is 411 g/mol. The van der Waals surface area contributed by atoms with Crippen molar-refractivity contribution < 1.29 is 13.9 Å². The summed E-state index contributed by atoms with van der Waals surface area (Å²) in [5.41, 5.74) is 1.13. The van der Waals surface area contributed by atoms with Crippen molar-refractivity contribution in [3.05, 3.63) is 24.0 Å². The van der Waals surface area contributed by atoms with Crippen LogP contribution in [0, 0.1) is 11.7 Å². The van der Waals surface area contributed by atoms with Gasteiger partial charge in [-0.1, -0.05) is 26.1 Å². The first-order chi connectivity index (χ1) is 13.0. The molecular weight excluding hydrogens is 385 g/mol. The molecule has 1 N–H and O–H groups in total. The van der Waals surface area contributed by atoms with Gasteiger partial charge < -0.3 is 15.0 Å². The first kappa shape index (κ1) is 20.2. The number of thiocarbonyl (C=S) groups is 1. The summed E-state index contributed by atoms with van der Waals surface area (Å²) in [4.78, 5) is 16.5. The van der Waals surface area contributed by atoms with Crippen molar-refractivity contribution in [1.29, 1.82) is 0 Å².